The number of benzene rings is 1. The number of nitrogens with zero attached hydrogens (tertiary/aromatic N) is 5. The van der Waals surface area contributed by atoms with Crippen molar-refractivity contribution in [2.24, 2.45) is 5.41 Å². The summed E-state index contributed by atoms with van der Waals surface area (Å²) in [7, 11) is -2.97. The molecule has 284 valence electrons. The van der Waals surface area contributed by atoms with Gasteiger partial charge in [-0.25, -0.2) is 13.4 Å². The van der Waals surface area contributed by atoms with Crippen LogP contribution in [0.5, 0.6) is 5.88 Å². The molecule has 3 aromatic heterocycles. The van der Waals surface area contributed by atoms with Gasteiger partial charge in [0, 0.05) is 43.6 Å². The Morgan fingerprint density at radius 1 is 1.08 bits per heavy atom. The molecule has 1 saturated heterocycles. The van der Waals surface area contributed by atoms with E-state index in [2.05, 4.69) is 15.2 Å². The first-order chi connectivity index (χ1) is 24.9. The molecule has 0 radical (unpaired) electrons. The topological polar surface area (TPSA) is 163 Å². The van der Waals surface area contributed by atoms with Crippen molar-refractivity contribution < 1.29 is 50.5 Å². The molecule has 2 aliphatic rings. The summed E-state index contributed by atoms with van der Waals surface area (Å²) in [6.07, 6.45) is -2.85. The highest BCUT2D eigenvalue weighted by atomic mass is 32.2. The van der Waals surface area contributed by atoms with Crippen molar-refractivity contribution >= 4 is 27.6 Å². The second kappa shape index (κ2) is 14.0. The zero-order valence-corrected chi connectivity index (χ0v) is 30.7. The Morgan fingerprint density at radius 3 is 2.45 bits per heavy atom. The van der Waals surface area contributed by atoms with Crippen LogP contribution in [0.15, 0.2) is 47.5 Å². The summed E-state index contributed by atoms with van der Waals surface area (Å²) in [6.45, 7) is 7.37. The molecule has 1 fully saturated rings. The first-order valence-corrected chi connectivity index (χ1v) is 18.4. The minimum absolute atomic E-state index is 0.0234. The third-order valence-corrected chi connectivity index (χ3v) is 12.0. The van der Waals surface area contributed by atoms with Crippen LogP contribution < -0.4 is 4.74 Å². The molecule has 1 spiro atoms. The molecule has 13 nitrogen and oxygen atoms in total. The number of carbonyl (C=O) groups is 2. The van der Waals surface area contributed by atoms with Gasteiger partial charge in [-0.1, -0.05) is 18.2 Å². The van der Waals surface area contributed by atoms with Crippen molar-refractivity contribution in [3.63, 3.8) is 0 Å². The number of hydrogen-bond acceptors (Lipinski definition) is 10. The number of hydrogen-bond donors (Lipinski definition) is 1. The predicted molar refractivity (Wildman–Crippen MR) is 183 cm³/mol. The molecule has 0 aliphatic carbocycles. The van der Waals surface area contributed by atoms with Crippen molar-refractivity contribution in [2.45, 2.75) is 82.5 Å². The second-order valence-corrected chi connectivity index (χ2v) is 16.0. The van der Waals surface area contributed by atoms with E-state index >= 15 is 0 Å². The van der Waals surface area contributed by atoms with Crippen LogP contribution in [0.25, 0.3) is 5.65 Å². The van der Waals surface area contributed by atoms with Gasteiger partial charge in [0.15, 0.2) is 5.65 Å². The molecule has 17 heteroatoms. The minimum Gasteiger partial charge on any atom is -0.481 e. The van der Waals surface area contributed by atoms with E-state index < -0.39 is 50.9 Å². The number of ether oxygens (including phenoxy) is 3. The number of aromatic nitrogens is 4. The van der Waals surface area contributed by atoms with E-state index in [4.69, 9.17) is 14.2 Å². The van der Waals surface area contributed by atoms with Gasteiger partial charge in [-0.3, -0.25) is 14.0 Å². The Hall–Kier alpha value is -4.61. The van der Waals surface area contributed by atoms with Crippen LogP contribution in [0, 0.1) is 19.3 Å². The molecular formula is C36H40F3N5O8S. The molecule has 0 saturated carbocycles. The summed E-state index contributed by atoms with van der Waals surface area (Å²) < 4.78 is 89.5. The normalized spacial score (nSPS) is 17.9. The highest BCUT2D eigenvalue weighted by Crippen LogP contribution is 2.45. The van der Waals surface area contributed by atoms with Gasteiger partial charge in [-0.2, -0.15) is 17.5 Å². The number of carboxylic acids is 1. The number of rotatable bonds is 9. The zero-order valence-electron chi connectivity index (χ0n) is 29.9. The van der Waals surface area contributed by atoms with Crippen molar-refractivity contribution in [3.8, 4) is 5.88 Å². The van der Waals surface area contributed by atoms with E-state index in [9.17, 15) is 36.3 Å². The second-order valence-electron chi connectivity index (χ2n) is 14.1. The van der Waals surface area contributed by atoms with Gasteiger partial charge >= 0.3 is 18.1 Å². The zero-order chi connectivity index (χ0) is 38.5. The molecule has 4 aromatic rings. The Morgan fingerprint density at radius 2 is 1.79 bits per heavy atom. The fourth-order valence-corrected chi connectivity index (χ4v) is 8.78. The van der Waals surface area contributed by atoms with Crippen LogP contribution in [-0.4, -0.2) is 81.8 Å². The van der Waals surface area contributed by atoms with E-state index in [1.807, 2.05) is 19.1 Å². The Balaban J connectivity index is 1.45. The van der Waals surface area contributed by atoms with Gasteiger partial charge in [0.2, 0.25) is 21.7 Å². The molecule has 0 bridgehead atoms. The lowest BCUT2D eigenvalue weighted by Gasteiger charge is -2.38. The molecule has 2 aliphatic heterocycles. The lowest BCUT2D eigenvalue weighted by molar-refractivity contribution is -0.151. The minimum atomic E-state index is -4.74. The van der Waals surface area contributed by atoms with Crippen LogP contribution >= 0.6 is 0 Å². The van der Waals surface area contributed by atoms with E-state index in [1.165, 1.54) is 35.8 Å². The van der Waals surface area contributed by atoms with Gasteiger partial charge in [-0.05, 0) is 73.7 Å². The van der Waals surface area contributed by atoms with Gasteiger partial charge < -0.3 is 19.3 Å². The van der Waals surface area contributed by atoms with Crippen LogP contribution in [0.2, 0.25) is 0 Å². The van der Waals surface area contributed by atoms with Crippen LogP contribution in [0.3, 0.4) is 0 Å². The molecule has 1 unspecified atom stereocenters. The molecule has 0 amide bonds. The van der Waals surface area contributed by atoms with Crippen molar-refractivity contribution in [1.82, 2.24) is 23.9 Å². The average molecular weight is 760 g/mol. The number of pyridine rings is 2. The summed E-state index contributed by atoms with van der Waals surface area (Å²) in [5.74, 6) is -3.62. The third kappa shape index (κ3) is 7.21. The number of fused-ring (bicyclic) bond motifs is 2. The highest BCUT2D eigenvalue weighted by Gasteiger charge is 2.46. The Bertz CT molecular complexity index is 2180. The Labute approximate surface area is 304 Å². The number of carbonyl (C=O) groups excluding carboxylic acids is 1. The summed E-state index contributed by atoms with van der Waals surface area (Å²) in [4.78, 5) is 28.9. The number of aliphatic carboxylic acids is 1. The predicted octanol–water partition coefficient (Wildman–Crippen LogP) is 5.24. The largest absolute Gasteiger partial charge is 0.481 e. The maximum atomic E-state index is 14.4. The fraction of sp³-hybridized carbons (Fsp3) is 0.472. The quantitative estimate of drug-likeness (QED) is 0.222. The number of alkyl halides is 3. The number of aryl methyl sites for hydroxylation is 3. The number of esters is 1. The van der Waals surface area contributed by atoms with Crippen LogP contribution in [0.4, 0.5) is 13.2 Å². The van der Waals surface area contributed by atoms with E-state index in [1.54, 1.807) is 26.8 Å². The first kappa shape index (κ1) is 38.1. The Kier molecular flexibility index (Phi) is 10.1. The van der Waals surface area contributed by atoms with E-state index in [0.29, 0.717) is 54.0 Å². The summed E-state index contributed by atoms with van der Waals surface area (Å²) in [5, 5.41) is 16.4. The van der Waals surface area contributed by atoms with Crippen molar-refractivity contribution in [2.75, 3.05) is 26.9 Å². The van der Waals surface area contributed by atoms with E-state index in [0.717, 1.165) is 9.96 Å². The SMILES string of the molecule is COC(=O)C(C)(C)C(c1ccc(C)c(CN2CC3(CCOCC3)Oc3nc(CCC(=O)O)ccc3S2(=O)=O)c1)c1ccn2c(C(F)(F)F)nnc2c1C. The molecule has 1 N–H and O–H groups in total. The maximum absolute atomic E-state index is 14.4. The maximum Gasteiger partial charge on any atom is 0.452 e. The molecular weight excluding hydrogens is 719 g/mol. The van der Waals surface area contributed by atoms with Gasteiger partial charge in [0.25, 0.3) is 0 Å². The number of carboxylic acid groups (broad SMARTS) is 1. The smallest absolute Gasteiger partial charge is 0.452 e. The molecule has 5 heterocycles. The molecule has 6 rings (SSSR count). The van der Waals surface area contributed by atoms with Crippen LogP contribution in [0.1, 0.15) is 78.4 Å². The fourth-order valence-electron chi connectivity index (χ4n) is 7.24. The van der Waals surface area contributed by atoms with Crippen molar-refractivity contribution in [3.05, 3.63) is 81.9 Å². The highest BCUT2D eigenvalue weighted by molar-refractivity contribution is 7.89. The standard InChI is InChI=1S/C36H40F3N5O8S/c1-21-6-7-23(29(34(3,4)33(47)50-5)26-12-15-44-30(22(26)2)41-42-32(44)36(37,38)39)18-24(21)19-43-20-35(13-16-51-17-14-35)52-31-27(53(43,48)49)10-8-25(40-31)9-11-28(45)46/h6-8,10,12,15,18,29H,9,11,13-14,16-17,19-20H2,1-5H3,(H,45,46). The van der Waals surface area contributed by atoms with Gasteiger partial charge in [0.1, 0.15) is 10.5 Å². The number of methoxy groups -OCH3 is 1. The van der Waals surface area contributed by atoms with E-state index in [-0.39, 0.29) is 42.4 Å². The van der Waals surface area contributed by atoms with Gasteiger partial charge in [0.05, 0.1) is 38.7 Å². The summed E-state index contributed by atoms with van der Waals surface area (Å²) >= 11 is 0. The molecule has 1 atom stereocenters. The molecule has 1 aromatic carbocycles. The summed E-state index contributed by atoms with van der Waals surface area (Å²) in [6, 6.07) is 9.82. The van der Waals surface area contributed by atoms with Gasteiger partial charge in [-0.15, -0.1) is 10.2 Å². The van der Waals surface area contributed by atoms with Crippen molar-refractivity contribution in [1.29, 1.82) is 0 Å². The van der Waals surface area contributed by atoms with Crippen LogP contribution in [-0.2, 0) is 48.2 Å². The first-order valence-electron chi connectivity index (χ1n) is 17.0. The number of sulfonamides is 1. The summed E-state index contributed by atoms with van der Waals surface area (Å²) in [5.41, 5.74) is 0.987. The lowest BCUT2D eigenvalue weighted by Crippen LogP contribution is -2.50. The molecule has 53 heavy (non-hydrogen) atoms. The monoisotopic (exact) mass is 759 g/mol. The third-order valence-electron chi connectivity index (χ3n) is 10.2. The lowest BCUT2D eigenvalue weighted by atomic mass is 9.70. The number of halogens is 3. The average Bonchev–Trinajstić information content (AvgIpc) is 3.52.